The molecular weight excluding hydrogens is 514 g/mol. The number of rotatable bonds is 10. The summed E-state index contributed by atoms with van der Waals surface area (Å²) in [6.07, 6.45) is 3.97. The molecule has 0 bridgehead atoms. The number of carbonyl (C=O) groups excluding carboxylic acids is 3. The third kappa shape index (κ3) is 5.74. The van der Waals surface area contributed by atoms with Crippen molar-refractivity contribution < 1.29 is 34.4 Å². The molecule has 0 radical (unpaired) electrons. The highest BCUT2D eigenvalue weighted by molar-refractivity contribution is 6.07. The van der Waals surface area contributed by atoms with Crippen molar-refractivity contribution in [3.8, 4) is 5.75 Å². The molecule has 2 aromatic carbocycles. The molecule has 2 heterocycles. The quantitative estimate of drug-likeness (QED) is 0.332. The first-order valence-corrected chi connectivity index (χ1v) is 13.5. The van der Waals surface area contributed by atoms with E-state index in [1.54, 1.807) is 66.4 Å². The van der Waals surface area contributed by atoms with Crippen molar-refractivity contribution in [2.75, 3.05) is 30.5 Å². The van der Waals surface area contributed by atoms with E-state index in [1.165, 1.54) is 18.9 Å². The predicted molar refractivity (Wildman–Crippen MR) is 150 cm³/mol. The lowest BCUT2D eigenvalue weighted by atomic mass is 9.83. The minimum Gasteiger partial charge on any atom is -0.497 e. The molecular formula is C30H37N3O7. The number of benzene rings is 2. The van der Waals surface area contributed by atoms with E-state index in [9.17, 15) is 29.7 Å². The van der Waals surface area contributed by atoms with Crippen molar-refractivity contribution >= 4 is 29.1 Å². The molecule has 0 spiro atoms. The molecule has 0 aliphatic carbocycles. The van der Waals surface area contributed by atoms with Crippen LogP contribution in [-0.2, 0) is 26.5 Å². The molecule has 10 heteroatoms. The van der Waals surface area contributed by atoms with Gasteiger partial charge in [0.1, 0.15) is 11.9 Å². The molecule has 0 saturated carbocycles. The Morgan fingerprint density at radius 1 is 1.20 bits per heavy atom. The smallest absolute Gasteiger partial charge is 0.264 e. The van der Waals surface area contributed by atoms with Crippen LogP contribution in [-0.4, -0.2) is 70.3 Å². The Labute approximate surface area is 233 Å². The van der Waals surface area contributed by atoms with Crippen LogP contribution in [0.4, 0.5) is 11.4 Å². The normalized spacial score (nSPS) is 21.9. The lowest BCUT2D eigenvalue weighted by Gasteiger charge is -2.28. The van der Waals surface area contributed by atoms with Crippen LogP contribution in [0.25, 0.3) is 0 Å². The minimum atomic E-state index is -1.88. The van der Waals surface area contributed by atoms with Crippen molar-refractivity contribution in [1.82, 2.24) is 4.90 Å². The summed E-state index contributed by atoms with van der Waals surface area (Å²) in [5.41, 5.74) is 0.374. The van der Waals surface area contributed by atoms with Gasteiger partial charge in [-0.25, -0.2) is 0 Å². The monoisotopic (exact) mass is 551 g/mol. The molecule has 0 aromatic heterocycles. The number of likely N-dealkylation sites (tertiary alicyclic amines) is 1. The van der Waals surface area contributed by atoms with Gasteiger partial charge in [-0.2, -0.15) is 0 Å². The number of carbonyl (C=O) groups is 3. The van der Waals surface area contributed by atoms with E-state index in [1.807, 2.05) is 0 Å². The van der Waals surface area contributed by atoms with Crippen LogP contribution in [0.2, 0.25) is 0 Å². The van der Waals surface area contributed by atoms with E-state index in [0.717, 1.165) is 18.4 Å². The molecule has 1 fully saturated rings. The van der Waals surface area contributed by atoms with Gasteiger partial charge < -0.3 is 35.2 Å². The lowest BCUT2D eigenvalue weighted by molar-refractivity contribution is -0.139. The van der Waals surface area contributed by atoms with Crippen LogP contribution >= 0.6 is 0 Å². The number of amides is 3. The number of anilines is 2. The molecule has 0 unspecified atom stereocenters. The Balaban J connectivity index is 1.54. The molecule has 2 aliphatic rings. The SMILES string of the molecule is COc1ccc2c(c1)[C@@](O)([C@H](C)/C=C/CC(=O)N1CCC[C@H]1CO)C(=O)N2Cc1ccc(NC(=O)[C@H](C)O)cc1. The van der Waals surface area contributed by atoms with Crippen LogP contribution in [0.3, 0.4) is 0 Å². The van der Waals surface area contributed by atoms with Crippen molar-refractivity contribution in [2.24, 2.45) is 5.92 Å². The highest BCUT2D eigenvalue weighted by Crippen LogP contribution is 2.47. The fourth-order valence-corrected chi connectivity index (χ4v) is 5.32. The zero-order chi connectivity index (χ0) is 29.0. The van der Waals surface area contributed by atoms with Crippen molar-refractivity contribution in [3.05, 3.63) is 65.7 Å². The van der Waals surface area contributed by atoms with Gasteiger partial charge in [0, 0.05) is 30.1 Å². The maximum Gasteiger partial charge on any atom is 0.264 e. The molecule has 4 N–H and O–H groups in total. The Morgan fingerprint density at radius 3 is 2.58 bits per heavy atom. The van der Waals surface area contributed by atoms with E-state index in [0.29, 0.717) is 29.2 Å². The van der Waals surface area contributed by atoms with Gasteiger partial charge in [-0.1, -0.05) is 31.2 Å². The van der Waals surface area contributed by atoms with Gasteiger partial charge in [0.25, 0.3) is 11.8 Å². The average Bonchev–Trinajstić information content (AvgIpc) is 3.51. The van der Waals surface area contributed by atoms with Crippen LogP contribution in [0.5, 0.6) is 5.75 Å². The fraction of sp³-hybridized carbons (Fsp3) is 0.433. The summed E-state index contributed by atoms with van der Waals surface area (Å²) >= 11 is 0. The zero-order valence-corrected chi connectivity index (χ0v) is 23.0. The minimum absolute atomic E-state index is 0.0617. The van der Waals surface area contributed by atoms with E-state index in [4.69, 9.17) is 4.74 Å². The number of nitrogens with one attached hydrogen (secondary N) is 1. The number of hydrogen-bond acceptors (Lipinski definition) is 7. The number of ether oxygens (including phenoxy) is 1. The largest absolute Gasteiger partial charge is 0.497 e. The first-order valence-electron chi connectivity index (χ1n) is 13.5. The average molecular weight is 552 g/mol. The van der Waals surface area contributed by atoms with Crippen molar-refractivity contribution in [3.63, 3.8) is 0 Å². The Kier molecular flexibility index (Phi) is 8.92. The van der Waals surface area contributed by atoms with E-state index >= 15 is 0 Å². The molecule has 2 aliphatic heterocycles. The van der Waals surface area contributed by atoms with Gasteiger partial charge in [0.05, 0.1) is 32.0 Å². The summed E-state index contributed by atoms with van der Waals surface area (Å²) in [5.74, 6) is -1.27. The van der Waals surface area contributed by atoms with Gasteiger partial charge in [0.2, 0.25) is 5.91 Å². The van der Waals surface area contributed by atoms with Crippen LogP contribution < -0.4 is 15.0 Å². The molecule has 2 aromatic rings. The molecule has 214 valence electrons. The summed E-state index contributed by atoms with van der Waals surface area (Å²) in [6.45, 7) is 3.85. The maximum absolute atomic E-state index is 13.8. The van der Waals surface area contributed by atoms with Crippen molar-refractivity contribution in [2.45, 2.75) is 57.4 Å². The van der Waals surface area contributed by atoms with Gasteiger partial charge in [-0.3, -0.25) is 14.4 Å². The third-order valence-corrected chi connectivity index (χ3v) is 7.70. The Morgan fingerprint density at radius 2 is 1.93 bits per heavy atom. The van der Waals surface area contributed by atoms with E-state index < -0.39 is 29.4 Å². The van der Waals surface area contributed by atoms with Gasteiger partial charge in [0.15, 0.2) is 5.60 Å². The number of aliphatic hydroxyl groups is 3. The van der Waals surface area contributed by atoms with Crippen LogP contribution in [0, 0.1) is 5.92 Å². The Hall–Kier alpha value is -3.73. The second-order valence-electron chi connectivity index (χ2n) is 10.4. The molecule has 10 nitrogen and oxygen atoms in total. The second kappa shape index (κ2) is 12.2. The van der Waals surface area contributed by atoms with E-state index in [-0.39, 0.29) is 31.5 Å². The summed E-state index contributed by atoms with van der Waals surface area (Å²) in [6, 6.07) is 11.9. The highest BCUT2D eigenvalue weighted by Gasteiger charge is 2.52. The summed E-state index contributed by atoms with van der Waals surface area (Å²) in [5, 5.41) is 33.4. The molecule has 1 saturated heterocycles. The molecule has 40 heavy (non-hydrogen) atoms. The number of methoxy groups -OCH3 is 1. The lowest BCUT2D eigenvalue weighted by Crippen LogP contribution is -2.44. The van der Waals surface area contributed by atoms with Gasteiger partial charge in [-0.05, 0) is 55.7 Å². The third-order valence-electron chi connectivity index (χ3n) is 7.70. The summed E-state index contributed by atoms with van der Waals surface area (Å²) < 4.78 is 5.37. The fourth-order valence-electron chi connectivity index (χ4n) is 5.32. The second-order valence-corrected chi connectivity index (χ2v) is 10.4. The highest BCUT2D eigenvalue weighted by atomic mass is 16.5. The molecule has 4 atom stereocenters. The topological polar surface area (TPSA) is 140 Å². The van der Waals surface area contributed by atoms with Gasteiger partial charge in [-0.15, -0.1) is 0 Å². The number of fused-ring (bicyclic) bond motifs is 1. The molecule has 3 amide bonds. The summed E-state index contributed by atoms with van der Waals surface area (Å²) in [4.78, 5) is 41.5. The van der Waals surface area contributed by atoms with Crippen LogP contribution in [0.1, 0.15) is 44.2 Å². The summed E-state index contributed by atoms with van der Waals surface area (Å²) in [7, 11) is 1.51. The van der Waals surface area contributed by atoms with Crippen molar-refractivity contribution in [1.29, 1.82) is 0 Å². The van der Waals surface area contributed by atoms with Crippen LogP contribution in [0.15, 0.2) is 54.6 Å². The molecule has 4 rings (SSSR count). The number of hydrogen-bond donors (Lipinski definition) is 4. The first-order chi connectivity index (χ1) is 19.1. The van der Waals surface area contributed by atoms with E-state index in [2.05, 4.69) is 5.32 Å². The predicted octanol–water partition coefficient (Wildman–Crippen LogP) is 2.31. The first kappa shape index (κ1) is 29.3. The number of nitrogens with zero attached hydrogens (tertiary/aromatic N) is 2. The Bertz CT molecular complexity index is 1280. The zero-order valence-electron chi connectivity index (χ0n) is 23.0. The maximum atomic E-state index is 13.8. The standard InChI is InChI=1S/C30H37N3O7/c1-19(6-4-8-27(36)32-15-5-7-23(32)18-34)30(39)25-16-24(40-3)13-14-26(25)33(29(30)38)17-21-9-11-22(12-10-21)31-28(37)20(2)35/h4,6,9-14,16,19-20,23,34-35,39H,5,7-8,15,17-18H2,1-3H3,(H,31,37)/b6-4+/t19-,20+,23+,30+/m1/s1. The number of aliphatic hydroxyl groups excluding tert-OH is 2. The van der Waals surface area contributed by atoms with Gasteiger partial charge >= 0.3 is 0 Å².